The van der Waals surface area contributed by atoms with Crippen LogP contribution in [0.1, 0.15) is 35.0 Å². The first-order valence-corrected chi connectivity index (χ1v) is 7.03. The second kappa shape index (κ2) is 6.18. The van der Waals surface area contributed by atoms with Crippen LogP contribution in [-0.2, 0) is 6.42 Å². The van der Waals surface area contributed by atoms with Gasteiger partial charge < -0.3 is 9.84 Å². The summed E-state index contributed by atoms with van der Waals surface area (Å²) < 4.78 is 6.74. The number of hydrogen-bond donors (Lipinski definition) is 1. The molecule has 0 aliphatic heterocycles. The zero-order valence-electron chi connectivity index (χ0n) is 12.2. The minimum absolute atomic E-state index is 0.0575. The maximum atomic E-state index is 11.4. The van der Waals surface area contributed by atoms with Gasteiger partial charge in [-0.05, 0) is 31.0 Å². The molecule has 2 aromatic rings. The van der Waals surface area contributed by atoms with E-state index in [4.69, 9.17) is 16.3 Å². The summed E-state index contributed by atoms with van der Waals surface area (Å²) in [5, 5.41) is 13.8. The molecule has 112 valence electrons. The topological polar surface area (TPSA) is 64.4 Å². The first-order chi connectivity index (χ1) is 9.99. The normalized spacial score (nSPS) is 10.7. The molecule has 21 heavy (non-hydrogen) atoms. The summed E-state index contributed by atoms with van der Waals surface area (Å²) in [6.07, 6.45) is 1.35. The van der Waals surface area contributed by atoms with Gasteiger partial charge in [-0.15, -0.1) is 0 Å². The van der Waals surface area contributed by atoms with E-state index in [2.05, 4.69) is 5.10 Å². The number of halogens is 1. The van der Waals surface area contributed by atoms with Crippen LogP contribution < -0.4 is 4.74 Å². The Bertz CT molecular complexity index is 680. The summed E-state index contributed by atoms with van der Waals surface area (Å²) >= 11 is 6.24. The molecular weight excluding hydrogens is 292 g/mol. The summed E-state index contributed by atoms with van der Waals surface area (Å²) in [6.45, 7) is 3.90. The number of aromatic carboxylic acids is 1. The smallest absolute Gasteiger partial charge is 0.340 e. The van der Waals surface area contributed by atoms with Crippen molar-refractivity contribution in [3.63, 3.8) is 0 Å². The lowest BCUT2D eigenvalue weighted by molar-refractivity contribution is 0.0696. The SMILES string of the molecule is CCCc1nn(-c2cc(C)ccc2OC)c(Cl)c1C(=O)O. The number of rotatable bonds is 5. The molecule has 0 saturated carbocycles. The van der Waals surface area contributed by atoms with Crippen molar-refractivity contribution in [3.8, 4) is 11.4 Å². The Labute approximate surface area is 128 Å². The number of ether oxygens (including phenoxy) is 1. The highest BCUT2D eigenvalue weighted by molar-refractivity contribution is 6.33. The van der Waals surface area contributed by atoms with Crippen LogP contribution in [-0.4, -0.2) is 28.0 Å². The molecule has 1 aromatic heterocycles. The maximum absolute atomic E-state index is 11.4. The highest BCUT2D eigenvalue weighted by Crippen LogP contribution is 2.30. The van der Waals surface area contributed by atoms with E-state index in [-0.39, 0.29) is 10.7 Å². The van der Waals surface area contributed by atoms with E-state index in [1.165, 1.54) is 4.68 Å². The van der Waals surface area contributed by atoms with E-state index in [1.54, 1.807) is 7.11 Å². The van der Waals surface area contributed by atoms with Crippen LogP contribution in [0.25, 0.3) is 5.69 Å². The molecular formula is C15H17ClN2O3. The number of benzene rings is 1. The fourth-order valence-electron chi connectivity index (χ4n) is 2.19. The third-order valence-electron chi connectivity index (χ3n) is 3.16. The van der Waals surface area contributed by atoms with Crippen molar-refractivity contribution in [2.75, 3.05) is 7.11 Å². The lowest BCUT2D eigenvalue weighted by atomic mass is 10.1. The lowest BCUT2D eigenvalue weighted by Crippen LogP contribution is -2.02. The van der Waals surface area contributed by atoms with E-state index in [0.29, 0.717) is 23.6 Å². The third-order valence-corrected chi connectivity index (χ3v) is 3.51. The predicted molar refractivity (Wildman–Crippen MR) is 80.8 cm³/mol. The quantitative estimate of drug-likeness (QED) is 0.918. The molecule has 1 heterocycles. The predicted octanol–water partition coefficient (Wildman–Crippen LogP) is 3.49. The minimum Gasteiger partial charge on any atom is -0.494 e. The van der Waals surface area contributed by atoms with Crippen LogP contribution in [0.2, 0.25) is 5.15 Å². The fraction of sp³-hybridized carbons (Fsp3) is 0.333. The standard InChI is InChI=1S/C15H17ClN2O3/c1-4-5-10-13(15(19)20)14(16)18(17-10)11-8-9(2)6-7-12(11)21-3/h6-8H,4-5H2,1-3H3,(H,19,20). The van der Waals surface area contributed by atoms with Crippen LogP contribution in [0.4, 0.5) is 0 Å². The van der Waals surface area contributed by atoms with Gasteiger partial charge in [0.05, 0.1) is 12.8 Å². The number of nitrogens with zero attached hydrogens (tertiary/aromatic N) is 2. The Morgan fingerprint density at radius 1 is 1.48 bits per heavy atom. The molecule has 0 fully saturated rings. The molecule has 0 spiro atoms. The molecule has 0 atom stereocenters. The highest BCUT2D eigenvalue weighted by atomic mass is 35.5. The average Bonchev–Trinajstić information content (AvgIpc) is 2.76. The summed E-state index contributed by atoms with van der Waals surface area (Å²) in [5.74, 6) is -0.480. The molecule has 2 rings (SSSR count). The number of carboxylic acid groups (broad SMARTS) is 1. The van der Waals surface area contributed by atoms with Crippen LogP contribution in [0, 0.1) is 6.92 Å². The van der Waals surface area contributed by atoms with Crippen molar-refractivity contribution in [2.24, 2.45) is 0 Å². The summed E-state index contributed by atoms with van der Waals surface area (Å²) in [4.78, 5) is 11.4. The van der Waals surface area contributed by atoms with Crippen LogP contribution in [0.15, 0.2) is 18.2 Å². The number of hydrogen-bond acceptors (Lipinski definition) is 3. The number of aryl methyl sites for hydroxylation is 2. The van der Waals surface area contributed by atoms with E-state index in [1.807, 2.05) is 32.0 Å². The van der Waals surface area contributed by atoms with Crippen molar-refractivity contribution in [1.29, 1.82) is 0 Å². The molecule has 0 aliphatic carbocycles. The zero-order chi connectivity index (χ0) is 15.6. The van der Waals surface area contributed by atoms with E-state index in [0.717, 1.165) is 12.0 Å². The number of methoxy groups -OCH3 is 1. The summed E-state index contributed by atoms with van der Waals surface area (Å²) in [6, 6.07) is 5.58. The van der Waals surface area contributed by atoms with Crippen LogP contribution in [0.3, 0.4) is 0 Å². The highest BCUT2D eigenvalue weighted by Gasteiger charge is 2.23. The zero-order valence-corrected chi connectivity index (χ0v) is 12.9. The Hall–Kier alpha value is -2.01. The molecule has 0 radical (unpaired) electrons. The first-order valence-electron chi connectivity index (χ1n) is 6.65. The molecule has 6 heteroatoms. The van der Waals surface area contributed by atoms with Crippen LogP contribution >= 0.6 is 11.6 Å². The monoisotopic (exact) mass is 308 g/mol. The van der Waals surface area contributed by atoms with Crippen molar-refractivity contribution in [2.45, 2.75) is 26.7 Å². The molecule has 0 saturated heterocycles. The van der Waals surface area contributed by atoms with Crippen molar-refractivity contribution in [1.82, 2.24) is 9.78 Å². The lowest BCUT2D eigenvalue weighted by Gasteiger charge is -2.10. The van der Waals surface area contributed by atoms with Gasteiger partial charge in [0.2, 0.25) is 0 Å². The molecule has 5 nitrogen and oxygen atoms in total. The maximum Gasteiger partial charge on any atom is 0.340 e. The Morgan fingerprint density at radius 3 is 2.76 bits per heavy atom. The molecule has 0 aliphatic rings. The Balaban J connectivity index is 2.67. The average molecular weight is 309 g/mol. The number of aromatic nitrogens is 2. The van der Waals surface area contributed by atoms with Gasteiger partial charge in [-0.3, -0.25) is 0 Å². The van der Waals surface area contributed by atoms with Gasteiger partial charge in [0.1, 0.15) is 22.2 Å². The largest absolute Gasteiger partial charge is 0.494 e. The summed E-state index contributed by atoms with van der Waals surface area (Å²) in [5.41, 5.74) is 2.18. The number of carboxylic acids is 1. The van der Waals surface area contributed by atoms with Gasteiger partial charge in [0.15, 0.2) is 0 Å². The van der Waals surface area contributed by atoms with Gasteiger partial charge in [-0.1, -0.05) is 31.0 Å². The van der Waals surface area contributed by atoms with Crippen molar-refractivity contribution in [3.05, 3.63) is 40.2 Å². The number of carbonyl (C=O) groups is 1. The third kappa shape index (κ3) is 2.88. The van der Waals surface area contributed by atoms with Gasteiger partial charge in [0.25, 0.3) is 0 Å². The van der Waals surface area contributed by atoms with Crippen LogP contribution in [0.5, 0.6) is 5.75 Å². The molecule has 1 aromatic carbocycles. The second-order valence-corrected chi connectivity index (χ2v) is 5.11. The second-order valence-electron chi connectivity index (χ2n) is 4.75. The van der Waals surface area contributed by atoms with Crippen molar-refractivity contribution < 1.29 is 14.6 Å². The Kier molecular flexibility index (Phi) is 4.53. The van der Waals surface area contributed by atoms with Gasteiger partial charge in [0, 0.05) is 0 Å². The van der Waals surface area contributed by atoms with E-state index < -0.39 is 5.97 Å². The fourth-order valence-corrected chi connectivity index (χ4v) is 2.51. The van der Waals surface area contributed by atoms with Crippen molar-refractivity contribution >= 4 is 17.6 Å². The van der Waals surface area contributed by atoms with E-state index in [9.17, 15) is 9.90 Å². The van der Waals surface area contributed by atoms with E-state index >= 15 is 0 Å². The molecule has 1 N–H and O–H groups in total. The van der Waals surface area contributed by atoms with Gasteiger partial charge in [-0.2, -0.15) is 5.10 Å². The van der Waals surface area contributed by atoms with Gasteiger partial charge in [-0.25, -0.2) is 9.48 Å². The minimum atomic E-state index is -1.07. The molecule has 0 unspecified atom stereocenters. The van der Waals surface area contributed by atoms with Gasteiger partial charge >= 0.3 is 5.97 Å². The summed E-state index contributed by atoms with van der Waals surface area (Å²) in [7, 11) is 1.55. The Morgan fingerprint density at radius 2 is 2.19 bits per heavy atom. The first kappa shape index (κ1) is 15.4. The molecule has 0 bridgehead atoms. The molecule has 0 amide bonds.